The zero-order chi connectivity index (χ0) is 15.4. The maximum Gasteiger partial charge on any atom is 0.255 e. The highest BCUT2D eigenvalue weighted by atomic mass is 79.9. The molecule has 0 spiro atoms. The number of anilines is 2. The fourth-order valence-corrected chi connectivity index (χ4v) is 2.02. The summed E-state index contributed by atoms with van der Waals surface area (Å²) in [6.07, 6.45) is 0. The molecule has 5 heteroatoms. The third-order valence-corrected chi connectivity index (χ3v) is 3.62. The van der Waals surface area contributed by atoms with Gasteiger partial charge in [0.1, 0.15) is 0 Å². The molecule has 2 aromatic carbocycles. The zero-order valence-electron chi connectivity index (χ0n) is 11.8. The van der Waals surface area contributed by atoms with Crippen LogP contribution >= 0.6 is 15.9 Å². The van der Waals surface area contributed by atoms with E-state index in [1.54, 1.807) is 48.3 Å². The Hall–Kier alpha value is -2.14. The molecule has 0 unspecified atom stereocenters. The lowest BCUT2D eigenvalue weighted by Gasteiger charge is -2.15. The SMILES string of the molecule is CC(=O)N(C)c1ccc(NC(=O)c2ccc(Br)cc2)cc1. The Kier molecular flexibility index (Phi) is 4.75. The van der Waals surface area contributed by atoms with Gasteiger partial charge in [-0.15, -0.1) is 0 Å². The first kappa shape index (κ1) is 15.3. The molecular formula is C16H15BrN2O2. The summed E-state index contributed by atoms with van der Waals surface area (Å²) in [7, 11) is 1.71. The van der Waals surface area contributed by atoms with Crippen LogP contribution in [0.2, 0.25) is 0 Å². The summed E-state index contributed by atoms with van der Waals surface area (Å²) in [6, 6.07) is 14.3. The third-order valence-electron chi connectivity index (χ3n) is 3.09. The molecule has 2 aromatic rings. The Labute approximate surface area is 131 Å². The fourth-order valence-electron chi connectivity index (χ4n) is 1.75. The number of nitrogens with one attached hydrogen (secondary N) is 1. The van der Waals surface area contributed by atoms with Gasteiger partial charge >= 0.3 is 0 Å². The summed E-state index contributed by atoms with van der Waals surface area (Å²) in [5, 5.41) is 2.82. The lowest BCUT2D eigenvalue weighted by Crippen LogP contribution is -2.22. The van der Waals surface area contributed by atoms with Crippen molar-refractivity contribution in [3.8, 4) is 0 Å². The molecule has 108 valence electrons. The van der Waals surface area contributed by atoms with Gasteiger partial charge in [-0.3, -0.25) is 9.59 Å². The second-order valence-electron chi connectivity index (χ2n) is 4.59. The Morgan fingerprint density at radius 2 is 1.57 bits per heavy atom. The maximum absolute atomic E-state index is 12.1. The van der Waals surface area contributed by atoms with Gasteiger partial charge in [0.15, 0.2) is 0 Å². The molecule has 2 rings (SSSR count). The quantitative estimate of drug-likeness (QED) is 0.921. The van der Waals surface area contributed by atoms with Crippen LogP contribution in [-0.2, 0) is 4.79 Å². The lowest BCUT2D eigenvalue weighted by atomic mass is 10.2. The second kappa shape index (κ2) is 6.54. The summed E-state index contributed by atoms with van der Waals surface area (Å²) < 4.78 is 0.927. The first-order valence-corrected chi connectivity index (χ1v) is 7.18. The fraction of sp³-hybridized carbons (Fsp3) is 0.125. The number of carbonyl (C=O) groups is 2. The topological polar surface area (TPSA) is 49.4 Å². The number of rotatable bonds is 3. The predicted molar refractivity (Wildman–Crippen MR) is 87.6 cm³/mol. The van der Waals surface area contributed by atoms with Crippen molar-refractivity contribution < 1.29 is 9.59 Å². The standard InChI is InChI=1S/C16H15BrN2O2/c1-11(20)19(2)15-9-7-14(8-10-15)18-16(21)12-3-5-13(17)6-4-12/h3-10H,1-2H3,(H,18,21). The Morgan fingerprint density at radius 3 is 2.10 bits per heavy atom. The molecular weight excluding hydrogens is 332 g/mol. The van der Waals surface area contributed by atoms with Gasteiger partial charge in [-0.25, -0.2) is 0 Å². The van der Waals surface area contributed by atoms with Crippen LogP contribution in [0.3, 0.4) is 0 Å². The van der Waals surface area contributed by atoms with Crippen LogP contribution < -0.4 is 10.2 Å². The summed E-state index contributed by atoms with van der Waals surface area (Å²) in [5.74, 6) is -0.211. The van der Waals surface area contributed by atoms with Gasteiger partial charge in [-0.2, -0.15) is 0 Å². The van der Waals surface area contributed by atoms with E-state index in [9.17, 15) is 9.59 Å². The van der Waals surface area contributed by atoms with Gasteiger partial charge < -0.3 is 10.2 Å². The summed E-state index contributed by atoms with van der Waals surface area (Å²) in [5.41, 5.74) is 2.05. The van der Waals surface area contributed by atoms with E-state index in [-0.39, 0.29) is 11.8 Å². The van der Waals surface area contributed by atoms with Crippen molar-refractivity contribution in [2.24, 2.45) is 0 Å². The minimum atomic E-state index is -0.171. The van der Waals surface area contributed by atoms with E-state index in [2.05, 4.69) is 21.2 Å². The van der Waals surface area contributed by atoms with E-state index in [4.69, 9.17) is 0 Å². The molecule has 0 bridgehead atoms. The number of hydrogen-bond acceptors (Lipinski definition) is 2. The molecule has 0 aromatic heterocycles. The van der Waals surface area contributed by atoms with Crippen molar-refractivity contribution in [3.63, 3.8) is 0 Å². The minimum absolute atomic E-state index is 0.0401. The number of carbonyl (C=O) groups excluding carboxylic acids is 2. The van der Waals surface area contributed by atoms with Crippen LogP contribution in [0.25, 0.3) is 0 Å². The van der Waals surface area contributed by atoms with Crippen LogP contribution in [0.15, 0.2) is 53.0 Å². The molecule has 0 aliphatic heterocycles. The Morgan fingerprint density at radius 1 is 1.00 bits per heavy atom. The predicted octanol–water partition coefficient (Wildman–Crippen LogP) is 3.68. The minimum Gasteiger partial charge on any atom is -0.322 e. The summed E-state index contributed by atoms with van der Waals surface area (Å²) >= 11 is 3.33. The van der Waals surface area contributed by atoms with Crippen molar-refractivity contribution >= 4 is 39.1 Å². The molecule has 0 fully saturated rings. The molecule has 0 aliphatic rings. The molecule has 0 atom stereocenters. The first-order valence-electron chi connectivity index (χ1n) is 6.38. The maximum atomic E-state index is 12.1. The van der Waals surface area contributed by atoms with Crippen LogP contribution in [-0.4, -0.2) is 18.9 Å². The van der Waals surface area contributed by atoms with E-state index in [1.165, 1.54) is 6.92 Å². The molecule has 2 amide bonds. The molecule has 1 N–H and O–H groups in total. The van der Waals surface area contributed by atoms with Crippen molar-refractivity contribution in [2.75, 3.05) is 17.3 Å². The molecule has 0 saturated heterocycles. The Balaban J connectivity index is 2.08. The average molecular weight is 347 g/mol. The normalized spacial score (nSPS) is 10.0. The smallest absolute Gasteiger partial charge is 0.255 e. The van der Waals surface area contributed by atoms with Gasteiger partial charge in [0, 0.05) is 35.4 Å². The van der Waals surface area contributed by atoms with Crippen molar-refractivity contribution in [2.45, 2.75) is 6.92 Å². The largest absolute Gasteiger partial charge is 0.322 e. The highest BCUT2D eigenvalue weighted by Gasteiger charge is 2.08. The lowest BCUT2D eigenvalue weighted by molar-refractivity contribution is -0.116. The van der Waals surface area contributed by atoms with Crippen molar-refractivity contribution in [1.82, 2.24) is 0 Å². The molecule has 21 heavy (non-hydrogen) atoms. The van der Waals surface area contributed by atoms with E-state index in [1.807, 2.05) is 12.1 Å². The monoisotopic (exact) mass is 346 g/mol. The molecule has 0 radical (unpaired) electrons. The number of benzene rings is 2. The molecule has 0 saturated carbocycles. The average Bonchev–Trinajstić information content (AvgIpc) is 2.47. The number of hydrogen-bond donors (Lipinski definition) is 1. The summed E-state index contributed by atoms with van der Waals surface area (Å²) in [6.45, 7) is 1.50. The van der Waals surface area contributed by atoms with Gasteiger partial charge in [-0.05, 0) is 48.5 Å². The van der Waals surface area contributed by atoms with Gasteiger partial charge in [0.2, 0.25) is 5.91 Å². The highest BCUT2D eigenvalue weighted by Crippen LogP contribution is 2.18. The number of halogens is 1. The zero-order valence-corrected chi connectivity index (χ0v) is 13.3. The van der Waals surface area contributed by atoms with Crippen LogP contribution in [0.4, 0.5) is 11.4 Å². The highest BCUT2D eigenvalue weighted by molar-refractivity contribution is 9.10. The first-order chi connectivity index (χ1) is 9.97. The summed E-state index contributed by atoms with van der Waals surface area (Å²) in [4.78, 5) is 24.9. The van der Waals surface area contributed by atoms with Crippen LogP contribution in [0, 0.1) is 0 Å². The molecule has 0 aliphatic carbocycles. The van der Waals surface area contributed by atoms with E-state index in [0.29, 0.717) is 11.3 Å². The molecule has 0 heterocycles. The van der Waals surface area contributed by atoms with Gasteiger partial charge in [0.25, 0.3) is 5.91 Å². The number of amides is 2. The second-order valence-corrected chi connectivity index (χ2v) is 5.50. The van der Waals surface area contributed by atoms with E-state index in [0.717, 1.165) is 10.2 Å². The van der Waals surface area contributed by atoms with E-state index >= 15 is 0 Å². The van der Waals surface area contributed by atoms with E-state index < -0.39 is 0 Å². The van der Waals surface area contributed by atoms with Crippen LogP contribution in [0.5, 0.6) is 0 Å². The van der Waals surface area contributed by atoms with Crippen LogP contribution in [0.1, 0.15) is 17.3 Å². The third kappa shape index (κ3) is 3.92. The van der Waals surface area contributed by atoms with Crippen molar-refractivity contribution in [3.05, 3.63) is 58.6 Å². The van der Waals surface area contributed by atoms with Crippen molar-refractivity contribution in [1.29, 1.82) is 0 Å². The molecule has 4 nitrogen and oxygen atoms in total. The number of nitrogens with zero attached hydrogens (tertiary/aromatic N) is 1. The van der Waals surface area contributed by atoms with Gasteiger partial charge in [-0.1, -0.05) is 15.9 Å². The Bertz CT molecular complexity index is 651. The van der Waals surface area contributed by atoms with Gasteiger partial charge in [0.05, 0.1) is 0 Å².